The summed E-state index contributed by atoms with van der Waals surface area (Å²) in [5.41, 5.74) is 0. The van der Waals surface area contributed by atoms with Gasteiger partial charge in [0.2, 0.25) is 0 Å². The van der Waals surface area contributed by atoms with Gasteiger partial charge in [-0.05, 0) is 38.5 Å². The van der Waals surface area contributed by atoms with Crippen LogP contribution >= 0.6 is 7.82 Å². The molecule has 0 bridgehead atoms. The second kappa shape index (κ2) is 31.9. The maximum atomic E-state index is 12.5. The van der Waals surface area contributed by atoms with E-state index in [0.29, 0.717) is 13.0 Å². The number of ether oxygens (including phenoxy) is 2. The maximum Gasteiger partial charge on any atom is 0.472 e. The SMILES string of the molecule is CCCC/C=C\C/C=C\CCCCCCCC(=O)OC(COCCCCCCCCCCC)COP(=O)(O)OCC(O)CO. The first-order valence-corrected chi connectivity index (χ1v) is 18.8. The molecule has 9 nitrogen and oxygen atoms in total. The molecule has 0 fully saturated rings. The van der Waals surface area contributed by atoms with E-state index in [1.807, 2.05) is 0 Å². The molecule has 0 aliphatic heterocycles. The summed E-state index contributed by atoms with van der Waals surface area (Å²) in [5.74, 6) is -0.399. The molecule has 0 aliphatic carbocycles. The van der Waals surface area contributed by atoms with Crippen molar-refractivity contribution in [3.8, 4) is 0 Å². The molecule has 0 heterocycles. The molecule has 0 rings (SSSR count). The molecule has 0 amide bonds. The Morgan fingerprint density at radius 2 is 1.25 bits per heavy atom. The van der Waals surface area contributed by atoms with Gasteiger partial charge in [0.05, 0.1) is 26.4 Å². The van der Waals surface area contributed by atoms with Gasteiger partial charge >= 0.3 is 13.8 Å². The van der Waals surface area contributed by atoms with Crippen LogP contribution in [0.25, 0.3) is 0 Å². The van der Waals surface area contributed by atoms with Crippen LogP contribution in [0.4, 0.5) is 0 Å². The molecule has 0 radical (unpaired) electrons. The number of phosphoric ester groups is 1. The van der Waals surface area contributed by atoms with Crippen LogP contribution in [0.15, 0.2) is 24.3 Å². The smallest absolute Gasteiger partial charge is 0.457 e. The first-order valence-electron chi connectivity index (χ1n) is 17.3. The average Bonchev–Trinajstić information content (AvgIpc) is 3.01. The number of allylic oxidation sites excluding steroid dienone is 4. The fourth-order valence-electron chi connectivity index (χ4n) is 4.43. The van der Waals surface area contributed by atoms with Crippen LogP contribution in [0, 0.1) is 0 Å². The van der Waals surface area contributed by atoms with Crippen molar-refractivity contribution in [2.24, 2.45) is 0 Å². The van der Waals surface area contributed by atoms with Crippen LogP contribution in [0.3, 0.4) is 0 Å². The Morgan fingerprint density at radius 1 is 0.705 bits per heavy atom. The van der Waals surface area contributed by atoms with Gasteiger partial charge in [-0.1, -0.05) is 122 Å². The minimum atomic E-state index is -4.50. The number of rotatable bonds is 33. The third-order valence-electron chi connectivity index (χ3n) is 7.14. The minimum absolute atomic E-state index is 0.0457. The number of carbonyl (C=O) groups excluding carboxylic acids is 1. The lowest BCUT2D eigenvalue weighted by atomic mass is 10.1. The third-order valence-corrected chi connectivity index (χ3v) is 8.09. The number of aliphatic hydroxyl groups is 2. The fraction of sp³-hybridized carbons (Fsp3) is 0.853. The Morgan fingerprint density at radius 3 is 1.89 bits per heavy atom. The summed E-state index contributed by atoms with van der Waals surface area (Å²) in [6.07, 6.45) is 28.5. The lowest BCUT2D eigenvalue weighted by molar-refractivity contribution is -0.154. The van der Waals surface area contributed by atoms with Gasteiger partial charge in [0, 0.05) is 13.0 Å². The van der Waals surface area contributed by atoms with Crippen molar-refractivity contribution in [1.82, 2.24) is 0 Å². The zero-order valence-corrected chi connectivity index (χ0v) is 28.8. The number of carbonyl (C=O) groups is 1. The molecule has 0 saturated carbocycles. The molecule has 0 aliphatic rings. The van der Waals surface area contributed by atoms with E-state index in [9.17, 15) is 19.4 Å². The van der Waals surface area contributed by atoms with E-state index in [-0.39, 0.29) is 19.6 Å². The van der Waals surface area contributed by atoms with Gasteiger partial charge in [-0.2, -0.15) is 0 Å². The molecule has 3 unspecified atom stereocenters. The van der Waals surface area contributed by atoms with Crippen molar-refractivity contribution < 1.29 is 43.0 Å². The lowest BCUT2D eigenvalue weighted by Gasteiger charge is -2.20. The van der Waals surface area contributed by atoms with Crippen molar-refractivity contribution in [2.45, 2.75) is 154 Å². The van der Waals surface area contributed by atoms with E-state index < -0.39 is 39.2 Å². The number of hydrogen-bond acceptors (Lipinski definition) is 8. The minimum Gasteiger partial charge on any atom is -0.457 e. The molecule has 44 heavy (non-hydrogen) atoms. The van der Waals surface area contributed by atoms with Crippen LogP contribution in [-0.4, -0.2) is 66.3 Å². The van der Waals surface area contributed by atoms with E-state index in [1.165, 1.54) is 51.4 Å². The molecule has 0 aromatic carbocycles. The maximum absolute atomic E-state index is 12.5. The monoisotopic (exact) mass is 648 g/mol. The van der Waals surface area contributed by atoms with Crippen LogP contribution in [0.1, 0.15) is 142 Å². The van der Waals surface area contributed by atoms with Gasteiger partial charge in [0.1, 0.15) is 12.2 Å². The number of phosphoric acid groups is 1. The van der Waals surface area contributed by atoms with Crippen molar-refractivity contribution in [3.63, 3.8) is 0 Å². The van der Waals surface area contributed by atoms with Crippen LogP contribution in [0.5, 0.6) is 0 Å². The van der Waals surface area contributed by atoms with E-state index in [4.69, 9.17) is 23.6 Å². The molecule has 0 spiro atoms. The second-order valence-corrected chi connectivity index (χ2v) is 13.0. The molecule has 0 saturated heterocycles. The van der Waals surface area contributed by atoms with E-state index in [1.54, 1.807) is 0 Å². The Balaban J connectivity index is 4.29. The molecule has 0 aromatic heterocycles. The summed E-state index contributed by atoms with van der Waals surface area (Å²) in [7, 11) is -4.50. The topological polar surface area (TPSA) is 132 Å². The summed E-state index contributed by atoms with van der Waals surface area (Å²) >= 11 is 0. The van der Waals surface area contributed by atoms with E-state index >= 15 is 0 Å². The van der Waals surface area contributed by atoms with Crippen LogP contribution in [-0.2, 0) is 27.9 Å². The zero-order valence-electron chi connectivity index (χ0n) is 27.9. The van der Waals surface area contributed by atoms with Crippen molar-refractivity contribution in [2.75, 3.05) is 33.0 Å². The van der Waals surface area contributed by atoms with E-state index in [2.05, 4.69) is 38.2 Å². The summed E-state index contributed by atoms with van der Waals surface area (Å²) in [6, 6.07) is 0. The highest BCUT2D eigenvalue weighted by atomic mass is 31.2. The largest absolute Gasteiger partial charge is 0.472 e. The molecule has 3 N–H and O–H groups in total. The normalized spacial score (nSPS) is 14.8. The Kier molecular flexibility index (Phi) is 31.1. The molecular weight excluding hydrogens is 583 g/mol. The third kappa shape index (κ3) is 30.9. The Hall–Kier alpha value is -1.06. The highest BCUT2D eigenvalue weighted by molar-refractivity contribution is 7.47. The van der Waals surface area contributed by atoms with Gasteiger partial charge in [-0.15, -0.1) is 0 Å². The summed E-state index contributed by atoms with van der Waals surface area (Å²) in [6.45, 7) is 3.42. The molecule has 260 valence electrons. The van der Waals surface area contributed by atoms with Crippen molar-refractivity contribution in [1.29, 1.82) is 0 Å². The van der Waals surface area contributed by atoms with Crippen LogP contribution < -0.4 is 0 Å². The quantitative estimate of drug-likeness (QED) is 0.0278. The lowest BCUT2D eigenvalue weighted by Crippen LogP contribution is -2.29. The first kappa shape index (κ1) is 42.9. The number of aliphatic hydroxyl groups excluding tert-OH is 2. The molecule has 10 heteroatoms. The van der Waals surface area contributed by atoms with Gasteiger partial charge in [0.15, 0.2) is 0 Å². The van der Waals surface area contributed by atoms with Gasteiger partial charge in [-0.3, -0.25) is 13.8 Å². The number of unbranched alkanes of at least 4 members (excludes halogenated alkanes) is 15. The van der Waals surface area contributed by atoms with E-state index in [0.717, 1.165) is 64.2 Å². The predicted molar refractivity (Wildman–Crippen MR) is 177 cm³/mol. The fourth-order valence-corrected chi connectivity index (χ4v) is 5.22. The highest BCUT2D eigenvalue weighted by Crippen LogP contribution is 2.43. The number of esters is 1. The van der Waals surface area contributed by atoms with Gasteiger partial charge < -0.3 is 24.6 Å². The standard InChI is InChI=1S/C34H65O9P/c1-3-5-7-9-11-13-14-15-16-17-18-20-22-24-26-34(37)43-33(31-42-44(38,39)41-29-32(36)28-35)30-40-27-25-23-21-19-12-10-8-6-4-2/h9,11,14-15,32-33,35-36H,3-8,10,12-13,16-31H2,1-2H3,(H,38,39)/b11-9-,15-14-. The van der Waals surface area contributed by atoms with Crippen molar-refractivity contribution >= 4 is 13.8 Å². The Labute approximate surface area is 268 Å². The highest BCUT2D eigenvalue weighted by Gasteiger charge is 2.26. The first-order chi connectivity index (χ1) is 21.3. The molecular formula is C34H65O9P. The average molecular weight is 649 g/mol. The molecule has 0 aromatic rings. The molecule has 3 atom stereocenters. The Bertz CT molecular complexity index is 744. The summed E-state index contributed by atoms with van der Waals surface area (Å²) in [4.78, 5) is 22.4. The predicted octanol–water partition coefficient (Wildman–Crippen LogP) is 8.36. The van der Waals surface area contributed by atoms with Gasteiger partial charge in [0.25, 0.3) is 0 Å². The summed E-state index contributed by atoms with van der Waals surface area (Å²) < 4.78 is 33.1. The number of hydrogen-bond donors (Lipinski definition) is 3. The zero-order chi connectivity index (χ0) is 32.6. The van der Waals surface area contributed by atoms with Gasteiger partial charge in [-0.25, -0.2) is 4.57 Å². The van der Waals surface area contributed by atoms with Crippen molar-refractivity contribution in [3.05, 3.63) is 24.3 Å². The summed E-state index contributed by atoms with van der Waals surface area (Å²) in [5, 5.41) is 18.2. The van der Waals surface area contributed by atoms with Crippen LogP contribution in [0.2, 0.25) is 0 Å². The second-order valence-electron chi connectivity index (χ2n) is 11.5.